The van der Waals surface area contributed by atoms with Crippen LogP contribution in [0.4, 0.5) is 0 Å². The van der Waals surface area contributed by atoms with Crippen LogP contribution in [0, 0.1) is 5.92 Å². The van der Waals surface area contributed by atoms with Gasteiger partial charge in [-0.25, -0.2) is 0 Å². The molecule has 1 aliphatic rings. The summed E-state index contributed by atoms with van der Waals surface area (Å²) < 4.78 is 11.3. The van der Waals surface area contributed by atoms with Crippen molar-refractivity contribution in [3.8, 4) is 11.5 Å². The summed E-state index contributed by atoms with van der Waals surface area (Å²) in [5, 5.41) is 6.53. The van der Waals surface area contributed by atoms with E-state index in [1.807, 2.05) is 52.8 Å². The van der Waals surface area contributed by atoms with E-state index in [1.54, 1.807) is 0 Å². The van der Waals surface area contributed by atoms with Crippen molar-refractivity contribution in [3.05, 3.63) is 30.3 Å². The first kappa shape index (κ1) is 24.1. The fraction of sp³-hybridized carbons (Fsp3) is 0.625. The third kappa shape index (κ3) is 8.27. The lowest BCUT2D eigenvalue weighted by Gasteiger charge is -2.32. The molecule has 1 amide bonds. The zero-order valence-corrected chi connectivity index (χ0v) is 19.3. The number of nitrogens with one attached hydrogen (secondary N) is 2. The van der Waals surface area contributed by atoms with Crippen molar-refractivity contribution < 1.29 is 14.3 Å². The van der Waals surface area contributed by atoms with Crippen LogP contribution in [0.3, 0.4) is 0 Å². The molecule has 0 radical (unpaired) electrons. The van der Waals surface area contributed by atoms with E-state index in [2.05, 4.69) is 22.1 Å². The summed E-state index contributed by atoms with van der Waals surface area (Å²) in [6.45, 7) is 18.7. The molecule has 2 rings (SSSR count). The second kappa shape index (κ2) is 11.3. The number of amides is 1. The fourth-order valence-electron chi connectivity index (χ4n) is 3.63. The Labute approximate surface area is 182 Å². The molecule has 1 aromatic rings. The number of hydrogen-bond acceptors (Lipinski definition) is 5. The molecule has 0 saturated carbocycles. The van der Waals surface area contributed by atoms with Crippen LogP contribution in [0.2, 0.25) is 0 Å². The summed E-state index contributed by atoms with van der Waals surface area (Å²) in [5.74, 6) is 2.27. The van der Waals surface area contributed by atoms with Gasteiger partial charge < -0.3 is 20.1 Å². The minimum atomic E-state index is -0.179. The van der Waals surface area contributed by atoms with Gasteiger partial charge in [0.15, 0.2) is 0 Å². The van der Waals surface area contributed by atoms with Crippen LogP contribution < -0.4 is 20.1 Å². The Morgan fingerprint density at radius 2 is 1.67 bits per heavy atom. The van der Waals surface area contributed by atoms with E-state index >= 15 is 0 Å². The minimum absolute atomic E-state index is 0.103. The summed E-state index contributed by atoms with van der Waals surface area (Å²) in [5.41, 5.74) is 1.69. The zero-order valence-electron chi connectivity index (χ0n) is 19.3. The van der Waals surface area contributed by atoms with Gasteiger partial charge in [-0.2, -0.15) is 0 Å². The standard InChI is InChI=1S/C24H39N3O3/c1-7-29-21-13-20(14-22(15-21)30-8-2)18(3)25-16-19-9-11-27(12-10-19)17-23(28)26-24(4,5)6/h13-15,19,25H,3,7-12,16-17H2,1-2,4-6H3,(H,26,28). The maximum atomic E-state index is 12.1. The molecule has 2 N–H and O–H groups in total. The van der Waals surface area contributed by atoms with Crippen LogP contribution in [0.5, 0.6) is 11.5 Å². The van der Waals surface area contributed by atoms with Crippen molar-refractivity contribution in [2.24, 2.45) is 5.92 Å². The molecule has 0 bridgehead atoms. The van der Waals surface area contributed by atoms with E-state index in [9.17, 15) is 4.79 Å². The van der Waals surface area contributed by atoms with Crippen molar-refractivity contribution in [3.63, 3.8) is 0 Å². The van der Waals surface area contributed by atoms with Gasteiger partial charge in [-0.1, -0.05) is 6.58 Å². The molecule has 0 unspecified atom stereocenters. The maximum Gasteiger partial charge on any atom is 0.234 e. The van der Waals surface area contributed by atoms with Gasteiger partial charge in [0.25, 0.3) is 0 Å². The highest BCUT2D eigenvalue weighted by Gasteiger charge is 2.22. The van der Waals surface area contributed by atoms with Crippen molar-refractivity contribution in [1.82, 2.24) is 15.5 Å². The second-order valence-electron chi connectivity index (χ2n) is 8.94. The number of rotatable bonds is 10. The van der Waals surface area contributed by atoms with Crippen LogP contribution >= 0.6 is 0 Å². The molecular formula is C24H39N3O3. The first-order chi connectivity index (χ1) is 14.2. The average Bonchev–Trinajstić information content (AvgIpc) is 2.66. The Morgan fingerprint density at radius 3 is 2.17 bits per heavy atom. The monoisotopic (exact) mass is 417 g/mol. The van der Waals surface area contributed by atoms with Gasteiger partial charge in [-0.3, -0.25) is 9.69 Å². The third-order valence-corrected chi connectivity index (χ3v) is 5.04. The van der Waals surface area contributed by atoms with Gasteiger partial charge in [-0.15, -0.1) is 0 Å². The van der Waals surface area contributed by atoms with E-state index < -0.39 is 0 Å². The summed E-state index contributed by atoms with van der Waals surface area (Å²) in [7, 11) is 0. The maximum absolute atomic E-state index is 12.1. The fourth-order valence-corrected chi connectivity index (χ4v) is 3.63. The number of nitrogens with zero attached hydrogens (tertiary/aromatic N) is 1. The highest BCUT2D eigenvalue weighted by Crippen LogP contribution is 2.26. The molecule has 1 heterocycles. The number of carbonyl (C=O) groups excluding carboxylic acids is 1. The van der Waals surface area contributed by atoms with E-state index in [-0.39, 0.29) is 11.4 Å². The molecule has 1 fully saturated rings. The number of likely N-dealkylation sites (tertiary alicyclic amines) is 1. The molecule has 0 aromatic heterocycles. The van der Waals surface area contributed by atoms with E-state index in [1.165, 1.54) is 0 Å². The predicted molar refractivity (Wildman–Crippen MR) is 123 cm³/mol. The van der Waals surface area contributed by atoms with Gasteiger partial charge in [-0.05, 0) is 78.6 Å². The van der Waals surface area contributed by atoms with Crippen molar-refractivity contribution in [2.45, 2.75) is 53.0 Å². The SMILES string of the molecule is C=C(NCC1CCN(CC(=O)NC(C)(C)C)CC1)c1cc(OCC)cc(OCC)c1. The zero-order chi connectivity index (χ0) is 22.1. The quantitative estimate of drug-likeness (QED) is 0.608. The number of ether oxygens (including phenoxy) is 2. The first-order valence-corrected chi connectivity index (χ1v) is 11.1. The molecule has 1 aliphatic heterocycles. The average molecular weight is 418 g/mol. The summed E-state index contributed by atoms with van der Waals surface area (Å²) in [6, 6.07) is 5.91. The largest absolute Gasteiger partial charge is 0.494 e. The van der Waals surface area contributed by atoms with Gasteiger partial charge in [0.1, 0.15) is 11.5 Å². The number of piperidine rings is 1. The second-order valence-corrected chi connectivity index (χ2v) is 8.94. The topological polar surface area (TPSA) is 62.8 Å². The molecular weight excluding hydrogens is 378 g/mol. The lowest BCUT2D eigenvalue weighted by atomic mass is 9.96. The third-order valence-electron chi connectivity index (χ3n) is 5.04. The molecule has 6 nitrogen and oxygen atoms in total. The van der Waals surface area contributed by atoms with Crippen LogP contribution in [0.25, 0.3) is 5.70 Å². The van der Waals surface area contributed by atoms with Crippen molar-refractivity contribution in [1.29, 1.82) is 0 Å². The van der Waals surface area contributed by atoms with Gasteiger partial charge in [0.05, 0.1) is 19.8 Å². The van der Waals surface area contributed by atoms with Crippen LogP contribution in [-0.4, -0.2) is 55.7 Å². The highest BCUT2D eigenvalue weighted by atomic mass is 16.5. The Balaban J connectivity index is 1.81. The number of benzene rings is 1. The number of hydrogen-bond donors (Lipinski definition) is 2. The Bertz CT molecular complexity index is 680. The predicted octanol–water partition coefficient (Wildman–Crippen LogP) is 3.67. The minimum Gasteiger partial charge on any atom is -0.494 e. The molecule has 1 aromatic carbocycles. The van der Waals surface area contributed by atoms with Crippen molar-refractivity contribution in [2.75, 3.05) is 39.4 Å². The van der Waals surface area contributed by atoms with Crippen LogP contribution in [0.1, 0.15) is 53.0 Å². The number of carbonyl (C=O) groups is 1. The Kier molecular flexibility index (Phi) is 9.03. The summed E-state index contributed by atoms with van der Waals surface area (Å²) >= 11 is 0. The molecule has 30 heavy (non-hydrogen) atoms. The van der Waals surface area contributed by atoms with Crippen LogP contribution in [-0.2, 0) is 4.79 Å². The molecule has 6 heteroatoms. The Morgan fingerprint density at radius 1 is 1.10 bits per heavy atom. The molecule has 0 atom stereocenters. The van der Waals surface area contributed by atoms with Crippen LogP contribution in [0.15, 0.2) is 24.8 Å². The van der Waals surface area contributed by atoms with E-state index in [0.29, 0.717) is 25.7 Å². The normalized spacial score (nSPS) is 15.5. The van der Waals surface area contributed by atoms with E-state index in [0.717, 1.165) is 55.2 Å². The lowest BCUT2D eigenvalue weighted by molar-refractivity contribution is -0.124. The molecule has 0 aliphatic carbocycles. The Hall–Kier alpha value is -2.21. The van der Waals surface area contributed by atoms with E-state index in [4.69, 9.17) is 9.47 Å². The summed E-state index contributed by atoms with van der Waals surface area (Å²) in [4.78, 5) is 14.4. The van der Waals surface area contributed by atoms with Gasteiger partial charge >= 0.3 is 0 Å². The van der Waals surface area contributed by atoms with Gasteiger partial charge in [0.2, 0.25) is 5.91 Å². The lowest BCUT2D eigenvalue weighted by Crippen LogP contribution is -2.48. The molecule has 168 valence electrons. The van der Waals surface area contributed by atoms with Gasteiger partial charge in [0, 0.05) is 29.4 Å². The molecule has 1 saturated heterocycles. The summed E-state index contributed by atoms with van der Waals surface area (Å²) in [6.07, 6.45) is 2.15. The smallest absolute Gasteiger partial charge is 0.234 e. The highest BCUT2D eigenvalue weighted by molar-refractivity contribution is 5.78. The molecule has 0 spiro atoms. The van der Waals surface area contributed by atoms with Crippen molar-refractivity contribution >= 4 is 11.6 Å². The first-order valence-electron chi connectivity index (χ1n) is 11.1.